The summed E-state index contributed by atoms with van der Waals surface area (Å²) in [5, 5.41) is 4.33. The molecular weight excluding hydrogens is 503 g/mol. The molecule has 0 saturated heterocycles. The molecule has 11 heteroatoms. The van der Waals surface area contributed by atoms with Gasteiger partial charge in [0.1, 0.15) is 28.4 Å². The van der Waals surface area contributed by atoms with Gasteiger partial charge in [-0.05, 0) is 48.9 Å². The molecule has 0 aliphatic carbocycles. The predicted octanol–water partition coefficient (Wildman–Crippen LogP) is 5.52. The van der Waals surface area contributed by atoms with Gasteiger partial charge in [-0.25, -0.2) is 0 Å². The molecule has 3 heterocycles. The molecule has 0 radical (unpaired) electrons. The van der Waals surface area contributed by atoms with Crippen molar-refractivity contribution in [3.8, 4) is 17.1 Å². The molecule has 178 valence electrons. The number of nitrogens with zero attached hydrogens (tertiary/aromatic N) is 3. The number of ether oxygens (including phenoxy) is 1. The number of thiazole rings is 1. The average molecular weight is 518 g/mol. The van der Waals surface area contributed by atoms with E-state index in [0.717, 1.165) is 29.0 Å². The zero-order valence-corrected chi connectivity index (χ0v) is 19.5. The lowest BCUT2D eigenvalue weighted by atomic mass is 10.1. The van der Waals surface area contributed by atoms with E-state index in [0.29, 0.717) is 21.1 Å². The first-order valence-corrected chi connectivity index (χ1v) is 11.4. The Balaban J connectivity index is 1.41. The number of hydrogen-bond acceptors (Lipinski definition) is 6. The minimum Gasteiger partial charge on any atom is -0.485 e. The Kier molecular flexibility index (Phi) is 5.86. The molecule has 0 saturated carbocycles. The predicted molar refractivity (Wildman–Crippen MR) is 126 cm³/mol. The maximum Gasteiger partial charge on any atom is 0.416 e. The van der Waals surface area contributed by atoms with Crippen LogP contribution in [0.2, 0.25) is 5.02 Å². The largest absolute Gasteiger partial charge is 0.485 e. The third-order valence-electron chi connectivity index (χ3n) is 5.14. The van der Waals surface area contributed by atoms with Crippen LogP contribution in [0.1, 0.15) is 22.7 Å². The summed E-state index contributed by atoms with van der Waals surface area (Å²) in [6, 6.07) is 13.6. The van der Waals surface area contributed by atoms with E-state index in [-0.39, 0.29) is 28.7 Å². The highest BCUT2D eigenvalue weighted by atomic mass is 35.5. The molecule has 6 nitrogen and oxygen atoms in total. The van der Waals surface area contributed by atoms with E-state index in [1.807, 2.05) is 31.2 Å². The second kappa shape index (κ2) is 8.86. The summed E-state index contributed by atoms with van der Waals surface area (Å²) in [4.78, 5) is 17.5. The Morgan fingerprint density at radius 1 is 1.17 bits per heavy atom. The van der Waals surface area contributed by atoms with E-state index in [9.17, 15) is 18.0 Å². The van der Waals surface area contributed by atoms with Crippen molar-refractivity contribution in [2.75, 3.05) is 0 Å². The molecule has 0 bridgehead atoms. The van der Waals surface area contributed by atoms with Gasteiger partial charge in [-0.1, -0.05) is 41.1 Å². The van der Waals surface area contributed by atoms with Crippen molar-refractivity contribution in [3.05, 3.63) is 97.2 Å². The fourth-order valence-electron chi connectivity index (χ4n) is 3.39. The smallest absolute Gasteiger partial charge is 0.416 e. The van der Waals surface area contributed by atoms with Gasteiger partial charge in [-0.3, -0.25) is 4.79 Å². The summed E-state index contributed by atoms with van der Waals surface area (Å²) in [6.45, 7) is 2.03. The molecule has 0 spiro atoms. The molecule has 0 N–H and O–H groups in total. The van der Waals surface area contributed by atoms with Gasteiger partial charge in [0.2, 0.25) is 4.96 Å². The standard InChI is InChI=1S/C24H15ClF3N3O3S/c1-13-4-2-3-5-18(13)33-12-21-29-23-31(30-21)22(32)20(35-23)11-15-7-9-19(34-15)16-10-14(24(26,27)28)6-8-17(16)25/h2-11H,12H2,1H3/b20-11-. The third-order valence-corrected chi connectivity index (χ3v) is 6.42. The zero-order valence-electron chi connectivity index (χ0n) is 18.0. The molecule has 0 fully saturated rings. The van der Waals surface area contributed by atoms with Crippen molar-refractivity contribution in [3.63, 3.8) is 0 Å². The first-order chi connectivity index (χ1) is 16.7. The van der Waals surface area contributed by atoms with Crippen molar-refractivity contribution in [2.45, 2.75) is 19.7 Å². The fourth-order valence-corrected chi connectivity index (χ4v) is 4.51. The maximum atomic E-state index is 13.1. The first-order valence-electron chi connectivity index (χ1n) is 10.2. The first kappa shape index (κ1) is 23.1. The van der Waals surface area contributed by atoms with Crippen LogP contribution >= 0.6 is 22.9 Å². The Morgan fingerprint density at radius 2 is 1.97 bits per heavy atom. The monoisotopic (exact) mass is 517 g/mol. The second-order valence-corrected chi connectivity index (χ2v) is 9.00. The lowest BCUT2D eigenvalue weighted by Crippen LogP contribution is -2.23. The van der Waals surface area contributed by atoms with Crippen LogP contribution in [0, 0.1) is 6.92 Å². The third kappa shape index (κ3) is 4.67. The van der Waals surface area contributed by atoms with Gasteiger partial charge >= 0.3 is 6.18 Å². The van der Waals surface area contributed by atoms with E-state index in [2.05, 4.69) is 10.1 Å². The number of fused-ring (bicyclic) bond motifs is 1. The number of aromatic nitrogens is 3. The number of aryl methyl sites for hydroxylation is 1. The Bertz CT molecular complexity index is 1660. The van der Waals surface area contributed by atoms with E-state index >= 15 is 0 Å². The number of rotatable bonds is 5. The summed E-state index contributed by atoms with van der Waals surface area (Å²) in [5.74, 6) is 1.49. The van der Waals surface area contributed by atoms with Gasteiger partial charge in [0.05, 0.1) is 10.6 Å². The van der Waals surface area contributed by atoms with Crippen LogP contribution < -0.4 is 14.8 Å². The quantitative estimate of drug-likeness (QED) is 0.307. The highest BCUT2D eigenvalue weighted by Gasteiger charge is 2.31. The minimum absolute atomic E-state index is 0.101. The molecule has 2 aromatic carbocycles. The summed E-state index contributed by atoms with van der Waals surface area (Å²) < 4.78 is 52.1. The van der Waals surface area contributed by atoms with Crippen LogP contribution in [0.4, 0.5) is 13.2 Å². The van der Waals surface area contributed by atoms with Crippen LogP contribution in [0.25, 0.3) is 22.4 Å². The molecule has 0 amide bonds. The Hall–Kier alpha value is -3.63. The van der Waals surface area contributed by atoms with Gasteiger partial charge in [-0.15, -0.1) is 5.10 Å². The van der Waals surface area contributed by atoms with Gasteiger partial charge in [-0.2, -0.15) is 22.7 Å². The molecule has 0 aliphatic rings. The Morgan fingerprint density at radius 3 is 2.71 bits per heavy atom. The fraction of sp³-hybridized carbons (Fsp3) is 0.125. The SMILES string of the molecule is Cc1ccccc1OCc1nc2s/c(=C\c3ccc(-c4cc(C(F)(F)F)ccc4Cl)o3)c(=O)n2n1. The molecule has 0 aliphatic heterocycles. The summed E-state index contributed by atoms with van der Waals surface area (Å²) in [5.41, 5.74) is -0.160. The normalized spacial score (nSPS) is 12.5. The van der Waals surface area contributed by atoms with Crippen molar-refractivity contribution < 1.29 is 22.3 Å². The summed E-state index contributed by atoms with van der Waals surface area (Å²) >= 11 is 7.20. The molecule has 35 heavy (non-hydrogen) atoms. The number of halogens is 4. The number of benzene rings is 2. The van der Waals surface area contributed by atoms with Crippen molar-refractivity contribution in [1.82, 2.24) is 14.6 Å². The minimum atomic E-state index is -4.51. The summed E-state index contributed by atoms with van der Waals surface area (Å²) in [7, 11) is 0. The zero-order chi connectivity index (χ0) is 24.7. The molecule has 3 aromatic heterocycles. The van der Waals surface area contributed by atoms with E-state index in [1.165, 1.54) is 22.7 Å². The van der Waals surface area contributed by atoms with Crippen LogP contribution in [-0.4, -0.2) is 14.6 Å². The summed E-state index contributed by atoms with van der Waals surface area (Å²) in [6.07, 6.45) is -3.03. The number of alkyl halides is 3. The van der Waals surface area contributed by atoms with Crippen molar-refractivity contribution in [1.29, 1.82) is 0 Å². The maximum absolute atomic E-state index is 13.1. The average Bonchev–Trinajstić information content (AvgIpc) is 3.50. The molecular formula is C24H15ClF3N3O3S. The van der Waals surface area contributed by atoms with E-state index in [4.69, 9.17) is 20.8 Å². The molecule has 0 atom stereocenters. The lowest BCUT2D eigenvalue weighted by molar-refractivity contribution is -0.137. The van der Waals surface area contributed by atoms with Gasteiger partial charge in [0.15, 0.2) is 5.82 Å². The highest BCUT2D eigenvalue weighted by Crippen LogP contribution is 2.36. The topological polar surface area (TPSA) is 69.6 Å². The van der Waals surface area contributed by atoms with E-state index < -0.39 is 17.3 Å². The molecule has 5 aromatic rings. The number of para-hydroxylation sites is 1. The van der Waals surface area contributed by atoms with Crippen LogP contribution in [0.15, 0.2) is 63.8 Å². The van der Waals surface area contributed by atoms with Gasteiger partial charge in [0, 0.05) is 11.6 Å². The number of hydrogen-bond donors (Lipinski definition) is 0. The number of furan rings is 1. The van der Waals surface area contributed by atoms with Gasteiger partial charge < -0.3 is 9.15 Å². The van der Waals surface area contributed by atoms with Crippen LogP contribution in [-0.2, 0) is 12.8 Å². The van der Waals surface area contributed by atoms with Crippen LogP contribution in [0.3, 0.4) is 0 Å². The molecule has 0 unspecified atom stereocenters. The second-order valence-electron chi connectivity index (χ2n) is 7.59. The Labute approximate surface area is 204 Å². The van der Waals surface area contributed by atoms with Crippen molar-refractivity contribution >= 4 is 34.0 Å². The van der Waals surface area contributed by atoms with Crippen molar-refractivity contribution in [2.24, 2.45) is 0 Å². The lowest BCUT2D eigenvalue weighted by Gasteiger charge is -2.09. The van der Waals surface area contributed by atoms with Gasteiger partial charge in [0.25, 0.3) is 5.56 Å². The molecule has 5 rings (SSSR count). The van der Waals surface area contributed by atoms with E-state index in [1.54, 1.807) is 6.07 Å². The highest BCUT2D eigenvalue weighted by molar-refractivity contribution is 7.15. The van der Waals surface area contributed by atoms with Crippen LogP contribution in [0.5, 0.6) is 5.75 Å².